The second kappa shape index (κ2) is 4.90. The summed E-state index contributed by atoms with van der Waals surface area (Å²) in [6, 6.07) is 8.85. The molecule has 0 spiro atoms. The first-order valence-electron chi connectivity index (χ1n) is 5.88. The molecule has 0 amide bonds. The van der Waals surface area contributed by atoms with Gasteiger partial charge in [0.1, 0.15) is 11.8 Å². The molecule has 1 heterocycles. The van der Waals surface area contributed by atoms with Crippen LogP contribution in [0.15, 0.2) is 36.1 Å². The van der Waals surface area contributed by atoms with E-state index in [2.05, 4.69) is 61.4 Å². The Bertz CT molecular complexity index is 409. The lowest BCUT2D eigenvalue weighted by molar-refractivity contribution is 0.00347. The van der Waals surface area contributed by atoms with Gasteiger partial charge < -0.3 is 4.74 Å². The fourth-order valence-electron chi connectivity index (χ4n) is 2.22. The Morgan fingerprint density at radius 2 is 1.88 bits per heavy atom. The van der Waals surface area contributed by atoms with Crippen molar-refractivity contribution < 1.29 is 4.74 Å². The summed E-state index contributed by atoms with van der Waals surface area (Å²) in [7, 11) is 5.87. The number of methoxy groups -OCH3 is 1. The number of hydrogen-bond donors (Lipinski definition) is 0. The maximum absolute atomic E-state index is 5.48. The second-order valence-electron chi connectivity index (χ2n) is 4.59. The van der Waals surface area contributed by atoms with Crippen LogP contribution in [0.5, 0.6) is 0 Å². The van der Waals surface area contributed by atoms with Crippen LogP contribution >= 0.6 is 0 Å². The molecule has 2 rings (SSSR count). The van der Waals surface area contributed by atoms with E-state index in [0.717, 1.165) is 12.3 Å². The number of nitrogens with zero attached hydrogens (tertiary/aromatic N) is 2. The molecule has 1 aliphatic heterocycles. The summed E-state index contributed by atoms with van der Waals surface area (Å²) < 4.78 is 5.48. The first-order valence-corrected chi connectivity index (χ1v) is 5.88. The minimum absolute atomic E-state index is 0.204. The molecule has 0 aromatic heterocycles. The SMILES string of the molecule is COC1=CCN(N(C)C)C1c1ccc(C)cc1. The Hall–Kier alpha value is -1.32. The van der Waals surface area contributed by atoms with Crippen molar-refractivity contribution in [3.05, 3.63) is 47.2 Å². The largest absolute Gasteiger partial charge is 0.499 e. The lowest BCUT2D eigenvalue weighted by Crippen LogP contribution is -2.37. The maximum atomic E-state index is 5.48. The quantitative estimate of drug-likeness (QED) is 0.795. The Balaban J connectivity index is 2.31. The molecule has 0 N–H and O–H groups in total. The highest BCUT2D eigenvalue weighted by molar-refractivity contribution is 5.31. The smallest absolute Gasteiger partial charge is 0.116 e. The number of rotatable bonds is 3. The maximum Gasteiger partial charge on any atom is 0.116 e. The summed E-state index contributed by atoms with van der Waals surface area (Å²) in [5.74, 6) is 1.03. The predicted octanol–water partition coefficient (Wildman–Crippen LogP) is 2.36. The summed E-state index contributed by atoms with van der Waals surface area (Å²) in [6.45, 7) is 3.00. The highest BCUT2D eigenvalue weighted by Crippen LogP contribution is 2.33. The van der Waals surface area contributed by atoms with E-state index in [-0.39, 0.29) is 6.04 Å². The fraction of sp³-hybridized carbons (Fsp3) is 0.429. The van der Waals surface area contributed by atoms with Crippen LogP contribution in [-0.4, -0.2) is 37.8 Å². The molecule has 1 unspecified atom stereocenters. The van der Waals surface area contributed by atoms with Gasteiger partial charge in [0, 0.05) is 20.6 Å². The number of aryl methyl sites for hydroxylation is 1. The van der Waals surface area contributed by atoms with Crippen LogP contribution in [-0.2, 0) is 4.74 Å². The van der Waals surface area contributed by atoms with Crippen LogP contribution in [0.4, 0.5) is 0 Å². The van der Waals surface area contributed by atoms with Gasteiger partial charge in [0.15, 0.2) is 0 Å². The summed E-state index contributed by atoms with van der Waals surface area (Å²) in [4.78, 5) is 0. The van der Waals surface area contributed by atoms with Gasteiger partial charge in [-0.05, 0) is 18.6 Å². The van der Waals surface area contributed by atoms with Crippen molar-refractivity contribution in [2.24, 2.45) is 0 Å². The number of hydrazine groups is 1. The van der Waals surface area contributed by atoms with E-state index in [1.54, 1.807) is 7.11 Å². The molecule has 1 aromatic rings. The van der Waals surface area contributed by atoms with Crippen molar-refractivity contribution in [3.8, 4) is 0 Å². The molecule has 0 aliphatic carbocycles. The van der Waals surface area contributed by atoms with Crippen molar-refractivity contribution in [3.63, 3.8) is 0 Å². The van der Waals surface area contributed by atoms with Crippen LogP contribution in [0.2, 0.25) is 0 Å². The zero-order valence-corrected chi connectivity index (χ0v) is 11.0. The molecule has 92 valence electrons. The minimum Gasteiger partial charge on any atom is -0.499 e. The van der Waals surface area contributed by atoms with Gasteiger partial charge in [-0.2, -0.15) is 0 Å². The van der Waals surface area contributed by atoms with Crippen molar-refractivity contribution in [1.29, 1.82) is 0 Å². The Morgan fingerprint density at radius 1 is 1.24 bits per heavy atom. The van der Waals surface area contributed by atoms with Crippen LogP contribution in [0, 0.1) is 6.92 Å². The van der Waals surface area contributed by atoms with Crippen molar-refractivity contribution in [2.45, 2.75) is 13.0 Å². The van der Waals surface area contributed by atoms with E-state index in [1.165, 1.54) is 11.1 Å². The predicted molar refractivity (Wildman–Crippen MR) is 69.4 cm³/mol. The topological polar surface area (TPSA) is 15.7 Å². The van der Waals surface area contributed by atoms with Crippen LogP contribution in [0.3, 0.4) is 0 Å². The van der Waals surface area contributed by atoms with Crippen LogP contribution in [0.25, 0.3) is 0 Å². The summed E-state index contributed by atoms with van der Waals surface area (Å²) >= 11 is 0. The second-order valence-corrected chi connectivity index (χ2v) is 4.59. The first kappa shape index (κ1) is 12.1. The van der Waals surface area contributed by atoms with Gasteiger partial charge in [-0.25, -0.2) is 10.0 Å². The molecular formula is C14H20N2O. The molecule has 0 fully saturated rings. The summed E-state index contributed by atoms with van der Waals surface area (Å²) in [5, 5.41) is 4.40. The molecule has 0 radical (unpaired) electrons. The van der Waals surface area contributed by atoms with E-state index >= 15 is 0 Å². The monoisotopic (exact) mass is 232 g/mol. The minimum atomic E-state index is 0.204. The van der Waals surface area contributed by atoms with Gasteiger partial charge in [0.2, 0.25) is 0 Å². The standard InChI is InChI=1S/C14H20N2O/c1-11-5-7-12(8-6-11)14-13(17-4)9-10-16(14)15(2)3/h5-9,14H,10H2,1-4H3. The zero-order chi connectivity index (χ0) is 12.4. The highest BCUT2D eigenvalue weighted by atomic mass is 16.5. The molecule has 1 atom stereocenters. The van der Waals surface area contributed by atoms with Gasteiger partial charge >= 0.3 is 0 Å². The number of hydrogen-bond acceptors (Lipinski definition) is 3. The Kier molecular flexibility index (Phi) is 3.50. The molecule has 0 saturated heterocycles. The third-order valence-electron chi connectivity index (χ3n) is 3.19. The Labute approximate surface area is 103 Å². The van der Waals surface area contributed by atoms with E-state index < -0.39 is 0 Å². The van der Waals surface area contributed by atoms with Gasteiger partial charge in [0.05, 0.1) is 7.11 Å². The van der Waals surface area contributed by atoms with Crippen molar-refractivity contribution in [2.75, 3.05) is 27.7 Å². The normalized spacial score (nSPS) is 20.8. The molecular weight excluding hydrogens is 212 g/mol. The third kappa shape index (κ3) is 2.35. The van der Waals surface area contributed by atoms with Crippen molar-refractivity contribution >= 4 is 0 Å². The lowest BCUT2D eigenvalue weighted by atomic mass is 10.0. The number of benzene rings is 1. The number of ether oxygens (including phenoxy) is 1. The van der Waals surface area contributed by atoms with Crippen LogP contribution in [0.1, 0.15) is 17.2 Å². The molecule has 1 aliphatic rings. The lowest BCUT2D eigenvalue weighted by Gasteiger charge is -2.31. The van der Waals surface area contributed by atoms with Gasteiger partial charge in [-0.3, -0.25) is 0 Å². The third-order valence-corrected chi connectivity index (χ3v) is 3.19. The molecule has 1 aromatic carbocycles. The van der Waals surface area contributed by atoms with Gasteiger partial charge in [-0.1, -0.05) is 29.8 Å². The van der Waals surface area contributed by atoms with E-state index in [4.69, 9.17) is 4.74 Å². The molecule has 17 heavy (non-hydrogen) atoms. The first-order chi connectivity index (χ1) is 8.13. The fourth-order valence-corrected chi connectivity index (χ4v) is 2.22. The van der Waals surface area contributed by atoms with Gasteiger partial charge in [-0.15, -0.1) is 0 Å². The Morgan fingerprint density at radius 3 is 2.41 bits per heavy atom. The molecule has 0 saturated carbocycles. The average molecular weight is 232 g/mol. The zero-order valence-electron chi connectivity index (χ0n) is 11.0. The van der Waals surface area contributed by atoms with Crippen LogP contribution < -0.4 is 0 Å². The highest BCUT2D eigenvalue weighted by Gasteiger charge is 2.31. The van der Waals surface area contributed by atoms with Gasteiger partial charge in [0.25, 0.3) is 0 Å². The van der Waals surface area contributed by atoms with E-state index in [0.29, 0.717) is 0 Å². The summed E-state index contributed by atoms with van der Waals surface area (Å²) in [6.07, 6.45) is 2.14. The summed E-state index contributed by atoms with van der Waals surface area (Å²) in [5.41, 5.74) is 2.56. The van der Waals surface area contributed by atoms with E-state index in [9.17, 15) is 0 Å². The van der Waals surface area contributed by atoms with E-state index in [1.807, 2.05) is 0 Å². The molecule has 3 heteroatoms. The average Bonchev–Trinajstić information content (AvgIpc) is 2.73. The van der Waals surface area contributed by atoms with Crippen molar-refractivity contribution in [1.82, 2.24) is 10.0 Å². The molecule has 0 bridgehead atoms. The molecule has 3 nitrogen and oxygen atoms in total.